The van der Waals surface area contributed by atoms with Crippen LogP contribution in [0.15, 0.2) is 23.1 Å². The largest absolute Gasteiger partial charge is 0.399 e. The van der Waals surface area contributed by atoms with Gasteiger partial charge in [0, 0.05) is 12.1 Å². The van der Waals surface area contributed by atoms with Gasteiger partial charge in [0.1, 0.15) is 5.82 Å². The average Bonchev–Trinajstić information content (AvgIpc) is 2.96. The predicted molar refractivity (Wildman–Crippen MR) is 64.8 cm³/mol. The highest BCUT2D eigenvalue weighted by Crippen LogP contribution is 2.50. The molecule has 2 N–H and O–H groups in total. The van der Waals surface area contributed by atoms with E-state index in [0.29, 0.717) is 0 Å². The number of sulfone groups is 1. The van der Waals surface area contributed by atoms with E-state index in [9.17, 15) is 12.8 Å². The fraction of sp³-hybridized carbons (Fsp3) is 0.417. The minimum Gasteiger partial charge on any atom is -0.399 e. The minimum atomic E-state index is -3.59. The number of nitrogens with zero attached hydrogens (tertiary/aromatic N) is 1. The van der Waals surface area contributed by atoms with Gasteiger partial charge in [-0.25, -0.2) is 12.8 Å². The zero-order valence-corrected chi connectivity index (χ0v) is 10.5. The zero-order chi connectivity index (χ0) is 13.4. The van der Waals surface area contributed by atoms with E-state index in [4.69, 9.17) is 11.0 Å². The number of rotatable bonds is 4. The standard InChI is InChI=1S/C12H13FN2O2S/c13-9-5-10(15)7-11(6-9)18(16,17)8-12(1-2-12)3-4-14/h5-7H,1-3,8,15H2. The topological polar surface area (TPSA) is 84.0 Å². The predicted octanol–water partition coefficient (Wildman–Crippen LogP) is 1.88. The lowest BCUT2D eigenvalue weighted by Gasteiger charge is -2.12. The van der Waals surface area contributed by atoms with Crippen LogP contribution in [0.5, 0.6) is 0 Å². The molecule has 1 saturated carbocycles. The fourth-order valence-electron chi connectivity index (χ4n) is 1.97. The van der Waals surface area contributed by atoms with E-state index in [-0.39, 0.29) is 22.8 Å². The Morgan fingerprint density at radius 1 is 1.39 bits per heavy atom. The zero-order valence-electron chi connectivity index (χ0n) is 9.69. The first-order valence-corrected chi connectivity index (χ1v) is 7.18. The summed E-state index contributed by atoms with van der Waals surface area (Å²) in [6.07, 6.45) is 1.67. The molecule has 1 aromatic carbocycles. The van der Waals surface area contributed by atoms with Gasteiger partial charge < -0.3 is 5.73 Å². The van der Waals surface area contributed by atoms with Gasteiger partial charge in [0.25, 0.3) is 0 Å². The van der Waals surface area contributed by atoms with Gasteiger partial charge in [-0.15, -0.1) is 0 Å². The summed E-state index contributed by atoms with van der Waals surface area (Å²) in [5, 5.41) is 8.67. The Labute approximate surface area is 105 Å². The van der Waals surface area contributed by atoms with Gasteiger partial charge in [0.05, 0.1) is 16.7 Å². The van der Waals surface area contributed by atoms with E-state index >= 15 is 0 Å². The van der Waals surface area contributed by atoms with Crippen molar-refractivity contribution >= 4 is 15.5 Å². The van der Waals surface area contributed by atoms with Crippen molar-refractivity contribution in [2.75, 3.05) is 11.5 Å². The lowest BCUT2D eigenvalue weighted by Crippen LogP contribution is -2.17. The van der Waals surface area contributed by atoms with E-state index < -0.39 is 21.1 Å². The molecule has 0 saturated heterocycles. The van der Waals surface area contributed by atoms with Crippen molar-refractivity contribution in [3.8, 4) is 6.07 Å². The SMILES string of the molecule is N#CCC1(CS(=O)(=O)c2cc(N)cc(F)c2)CC1. The van der Waals surface area contributed by atoms with Crippen LogP contribution in [0.25, 0.3) is 0 Å². The van der Waals surface area contributed by atoms with Crippen LogP contribution >= 0.6 is 0 Å². The summed E-state index contributed by atoms with van der Waals surface area (Å²) in [7, 11) is -3.59. The van der Waals surface area contributed by atoms with Crippen LogP contribution in [-0.2, 0) is 9.84 Å². The van der Waals surface area contributed by atoms with E-state index in [2.05, 4.69) is 0 Å². The molecule has 2 rings (SSSR count). The lowest BCUT2D eigenvalue weighted by molar-refractivity contribution is 0.546. The summed E-state index contributed by atoms with van der Waals surface area (Å²) >= 11 is 0. The molecule has 0 heterocycles. The summed E-state index contributed by atoms with van der Waals surface area (Å²) in [4.78, 5) is -0.107. The van der Waals surface area contributed by atoms with Gasteiger partial charge in [0.2, 0.25) is 0 Å². The van der Waals surface area contributed by atoms with Crippen LogP contribution in [0.4, 0.5) is 10.1 Å². The monoisotopic (exact) mass is 268 g/mol. The van der Waals surface area contributed by atoms with E-state index in [1.54, 1.807) is 0 Å². The second kappa shape index (κ2) is 4.25. The van der Waals surface area contributed by atoms with Crippen LogP contribution in [0.2, 0.25) is 0 Å². The van der Waals surface area contributed by atoms with Crippen molar-refractivity contribution in [1.82, 2.24) is 0 Å². The second-order valence-electron chi connectivity index (χ2n) is 4.81. The molecule has 0 aliphatic heterocycles. The third-order valence-electron chi connectivity index (χ3n) is 3.16. The van der Waals surface area contributed by atoms with Gasteiger partial charge in [-0.1, -0.05) is 0 Å². The number of nitrogen functional groups attached to an aromatic ring is 1. The van der Waals surface area contributed by atoms with Gasteiger partial charge in [-0.3, -0.25) is 0 Å². The Hall–Kier alpha value is -1.61. The van der Waals surface area contributed by atoms with Crippen molar-refractivity contribution in [1.29, 1.82) is 5.26 Å². The Kier molecular flexibility index (Phi) is 3.03. The molecule has 1 fully saturated rings. The van der Waals surface area contributed by atoms with Crippen molar-refractivity contribution in [2.45, 2.75) is 24.2 Å². The first-order valence-electron chi connectivity index (χ1n) is 5.53. The van der Waals surface area contributed by atoms with Crippen LogP contribution in [-0.4, -0.2) is 14.2 Å². The number of hydrogen-bond acceptors (Lipinski definition) is 4. The highest BCUT2D eigenvalue weighted by atomic mass is 32.2. The van der Waals surface area contributed by atoms with Gasteiger partial charge in [0.15, 0.2) is 9.84 Å². The van der Waals surface area contributed by atoms with Crippen molar-refractivity contribution in [2.24, 2.45) is 5.41 Å². The molecule has 0 aromatic heterocycles. The number of nitrogens with two attached hydrogens (primary N) is 1. The minimum absolute atomic E-state index is 0.0821. The van der Waals surface area contributed by atoms with E-state index in [1.807, 2.05) is 6.07 Å². The number of nitriles is 1. The summed E-state index contributed by atoms with van der Waals surface area (Å²) < 4.78 is 37.4. The molecule has 0 atom stereocenters. The molecule has 4 nitrogen and oxygen atoms in total. The Balaban J connectivity index is 2.29. The number of halogens is 1. The maximum atomic E-state index is 13.2. The van der Waals surface area contributed by atoms with Crippen LogP contribution in [0.3, 0.4) is 0 Å². The lowest BCUT2D eigenvalue weighted by atomic mass is 10.1. The highest BCUT2D eigenvalue weighted by molar-refractivity contribution is 7.91. The fourth-order valence-corrected chi connectivity index (χ4v) is 3.94. The first kappa shape index (κ1) is 12.8. The molecule has 0 unspecified atom stereocenters. The Bertz CT molecular complexity index is 595. The van der Waals surface area contributed by atoms with Gasteiger partial charge in [-0.2, -0.15) is 5.26 Å². The Morgan fingerprint density at radius 3 is 2.56 bits per heavy atom. The molecule has 6 heteroatoms. The summed E-state index contributed by atoms with van der Waals surface area (Å²) in [6.45, 7) is 0. The number of benzene rings is 1. The molecule has 18 heavy (non-hydrogen) atoms. The molecule has 0 bridgehead atoms. The molecular weight excluding hydrogens is 255 g/mol. The molecule has 1 aromatic rings. The second-order valence-corrected chi connectivity index (χ2v) is 6.80. The summed E-state index contributed by atoms with van der Waals surface area (Å²) in [5.41, 5.74) is 5.08. The summed E-state index contributed by atoms with van der Waals surface area (Å²) in [6, 6.07) is 5.29. The van der Waals surface area contributed by atoms with Crippen molar-refractivity contribution < 1.29 is 12.8 Å². The van der Waals surface area contributed by atoms with E-state index in [1.165, 1.54) is 6.07 Å². The smallest absolute Gasteiger partial charge is 0.179 e. The highest BCUT2D eigenvalue weighted by Gasteiger charge is 2.46. The Morgan fingerprint density at radius 2 is 2.06 bits per heavy atom. The van der Waals surface area contributed by atoms with E-state index in [0.717, 1.165) is 25.0 Å². The first-order chi connectivity index (χ1) is 8.37. The number of hydrogen-bond donors (Lipinski definition) is 1. The molecule has 0 radical (unpaired) electrons. The summed E-state index contributed by atoms with van der Waals surface area (Å²) in [5.74, 6) is -0.782. The van der Waals surface area contributed by atoms with Crippen LogP contribution < -0.4 is 5.73 Å². The van der Waals surface area contributed by atoms with Crippen molar-refractivity contribution in [3.05, 3.63) is 24.0 Å². The molecular formula is C12H13FN2O2S. The quantitative estimate of drug-likeness (QED) is 0.845. The van der Waals surface area contributed by atoms with Gasteiger partial charge >= 0.3 is 0 Å². The maximum Gasteiger partial charge on any atom is 0.179 e. The third-order valence-corrected chi connectivity index (χ3v) is 5.11. The average molecular weight is 268 g/mol. The molecule has 1 aliphatic rings. The maximum absolute atomic E-state index is 13.2. The number of anilines is 1. The van der Waals surface area contributed by atoms with Crippen molar-refractivity contribution in [3.63, 3.8) is 0 Å². The molecule has 1 aliphatic carbocycles. The normalized spacial score (nSPS) is 17.1. The van der Waals surface area contributed by atoms with Crippen LogP contribution in [0, 0.1) is 22.6 Å². The molecule has 96 valence electrons. The molecule has 0 spiro atoms. The van der Waals surface area contributed by atoms with Crippen LogP contribution in [0.1, 0.15) is 19.3 Å². The third kappa shape index (κ3) is 2.62. The van der Waals surface area contributed by atoms with Gasteiger partial charge in [-0.05, 0) is 36.5 Å². The molecule has 0 amide bonds.